The SMILES string of the molecule is CC(C)CC(N)C(=O)NC1(CO)CCC(C)CC1. The van der Waals surface area contributed by atoms with Gasteiger partial charge in [-0.1, -0.05) is 20.8 Å². The summed E-state index contributed by atoms with van der Waals surface area (Å²) in [7, 11) is 0. The molecule has 1 unspecified atom stereocenters. The number of carbonyl (C=O) groups excluding carboxylic acids is 1. The predicted octanol–water partition coefficient (Wildman–Crippen LogP) is 1.42. The predicted molar refractivity (Wildman–Crippen MR) is 73.0 cm³/mol. The average molecular weight is 256 g/mol. The van der Waals surface area contributed by atoms with Gasteiger partial charge in [-0.2, -0.15) is 0 Å². The van der Waals surface area contributed by atoms with E-state index < -0.39 is 11.6 Å². The first-order valence-corrected chi connectivity index (χ1v) is 7.07. The van der Waals surface area contributed by atoms with Crippen molar-refractivity contribution in [1.82, 2.24) is 5.32 Å². The van der Waals surface area contributed by atoms with E-state index in [2.05, 4.69) is 26.1 Å². The highest BCUT2D eigenvalue weighted by atomic mass is 16.3. The molecule has 1 atom stereocenters. The third kappa shape index (κ3) is 4.25. The van der Waals surface area contributed by atoms with E-state index in [1.807, 2.05) is 0 Å². The Morgan fingerprint density at radius 2 is 2.00 bits per heavy atom. The summed E-state index contributed by atoms with van der Waals surface area (Å²) in [6.45, 7) is 6.34. The zero-order chi connectivity index (χ0) is 13.8. The van der Waals surface area contributed by atoms with Gasteiger partial charge in [0, 0.05) is 0 Å². The minimum absolute atomic E-state index is 0.0137. The quantitative estimate of drug-likeness (QED) is 0.696. The second-order valence-corrected chi connectivity index (χ2v) is 6.35. The summed E-state index contributed by atoms with van der Waals surface area (Å²) >= 11 is 0. The van der Waals surface area contributed by atoms with Gasteiger partial charge in [-0.05, 0) is 43.9 Å². The van der Waals surface area contributed by atoms with Crippen LogP contribution in [0.2, 0.25) is 0 Å². The molecule has 1 fully saturated rings. The Morgan fingerprint density at radius 1 is 1.44 bits per heavy atom. The molecule has 106 valence electrons. The molecular formula is C14H28N2O2. The molecule has 0 spiro atoms. The van der Waals surface area contributed by atoms with E-state index in [1.54, 1.807) is 0 Å². The van der Waals surface area contributed by atoms with Crippen LogP contribution >= 0.6 is 0 Å². The lowest BCUT2D eigenvalue weighted by Gasteiger charge is -2.39. The first-order chi connectivity index (χ1) is 8.38. The average Bonchev–Trinajstić information content (AvgIpc) is 2.31. The van der Waals surface area contributed by atoms with E-state index in [0.717, 1.165) is 25.7 Å². The molecule has 0 aliphatic heterocycles. The van der Waals surface area contributed by atoms with Gasteiger partial charge in [0.15, 0.2) is 0 Å². The van der Waals surface area contributed by atoms with Gasteiger partial charge in [0.25, 0.3) is 0 Å². The molecule has 18 heavy (non-hydrogen) atoms. The van der Waals surface area contributed by atoms with Crippen molar-refractivity contribution in [3.63, 3.8) is 0 Å². The van der Waals surface area contributed by atoms with Crippen LogP contribution in [0, 0.1) is 11.8 Å². The van der Waals surface area contributed by atoms with Gasteiger partial charge in [0.2, 0.25) is 5.91 Å². The molecular weight excluding hydrogens is 228 g/mol. The number of carbonyl (C=O) groups is 1. The molecule has 1 amide bonds. The number of aliphatic hydroxyl groups is 1. The van der Waals surface area contributed by atoms with Crippen molar-refractivity contribution in [2.45, 2.75) is 64.5 Å². The fourth-order valence-electron chi connectivity index (χ4n) is 2.61. The van der Waals surface area contributed by atoms with E-state index in [0.29, 0.717) is 18.3 Å². The molecule has 0 saturated heterocycles. The summed E-state index contributed by atoms with van der Waals surface area (Å²) in [5.41, 5.74) is 5.45. The normalized spacial score (nSPS) is 30.2. The lowest BCUT2D eigenvalue weighted by Crippen LogP contribution is -2.57. The van der Waals surface area contributed by atoms with E-state index in [-0.39, 0.29) is 12.5 Å². The minimum atomic E-state index is -0.465. The van der Waals surface area contributed by atoms with Gasteiger partial charge in [-0.15, -0.1) is 0 Å². The van der Waals surface area contributed by atoms with Crippen molar-refractivity contribution in [2.75, 3.05) is 6.61 Å². The molecule has 4 N–H and O–H groups in total. The fourth-order valence-corrected chi connectivity index (χ4v) is 2.61. The largest absolute Gasteiger partial charge is 0.394 e. The molecule has 1 aliphatic rings. The molecule has 0 bridgehead atoms. The second-order valence-electron chi connectivity index (χ2n) is 6.35. The molecule has 1 saturated carbocycles. The maximum atomic E-state index is 12.0. The van der Waals surface area contributed by atoms with Crippen molar-refractivity contribution in [1.29, 1.82) is 0 Å². The van der Waals surface area contributed by atoms with Crippen LogP contribution in [0.25, 0.3) is 0 Å². The Kier molecular flexibility index (Phi) is 5.60. The third-order valence-electron chi connectivity index (χ3n) is 3.98. The molecule has 4 nitrogen and oxygen atoms in total. The molecule has 0 heterocycles. The van der Waals surface area contributed by atoms with Gasteiger partial charge >= 0.3 is 0 Å². The number of aliphatic hydroxyl groups excluding tert-OH is 1. The number of amides is 1. The van der Waals surface area contributed by atoms with E-state index >= 15 is 0 Å². The zero-order valence-electron chi connectivity index (χ0n) is 11.9. The van der Waals surface area contributed by atoms with E-state index in [9.17, 15) is 9.90 Å². The topological polar surface area (TPSA) is 75.4 Å². The van der Waals surface area contributed by atoms with Crippen LogP contribution in [0.5, 0.6) is 0 Å². The van der Waals surface area contributed by atoms with Gasteiger partial charge in [0.1, 0.15) is 0 Å². The number of nitrogens with one attached hydrogen (secondary N) is 1. The van der Waals surface area contributed by atoms with Gasteiger partial charge in [-0.25, -0.2) is 0 Å². The summed E-state index contributed by atoms with van der Waals surface area (Å²) in [5.74, 6) is 0.973. The fraction of sp³-hybridized carbons (Fsp3) is 0.929. The first kappa shape index (κ1) is 15.4. The highest BCUT2D eigenvalue weighted by molar-refractivity contribution is 5.82. The Hall–Kier alpha value is -0.610. The lowest BCUT2D eigenvalue weighted by atomic mass is 9.77. The smallest absolute Gasteiger partial charge is 0.237 e. The zero-order valence-corrected chi connectivity index (χ0v) is 11.9. The van der Waals surface area contributed by atoms with Crippen LogP contribution in [-0.2, 0) is 4.79 Å². The summed E-state index contributed by atoms with van der Waals surface area (Å²) in [4.78, 5) is 12.0. The summed E-state index contributed by atoms with van der Waals surface area (Å²) in [5, 5.41) is 12.6. The molecule has 0 aromatic carbocycles. The molecule has 0 aromatic heterocycles. The number of nitrogens with two attached hydrogens (primary N) is 1. The number of rotatable bonds is 5. The Bertz CT molecular complexity index is 271. The van der Waals surface area contributed by atoms with Crippen LogP contribution in [0.15, 0.2) is 0 Å². The van der Waals surface area contributed by atoms with Crippen LogP contribution < -0.4 is 11.1 Å². The number of hydrogen-bond acceptors (Lipinski definition) is 3. The van der Waals surface area contributed by atoms with Crippen molar-refractivity contribution in [3.8, 4) is 0 Å². The summed E-state index contributed by atoms with van der Waals surface area (Å²) in [6, 6.07) is -0.465. The molecule has 0 aromatic rings. The Morgan fingerprint density at radius 3 is 2.44 bits per heavy atom. The van der Waals surface area contributed by atoms with Gasteiger partial charge < -0.3 is 16.2 Å². The van der Waals surface area contributed by atoms with Crippen molar-refractivity contribution < 1.29 is 9.90 Å². The van der Waals surface area contributed by atoms with Crippen LogP contribution in [0.3, 0.4) is 0 Å². The maximum Gasteiger partial charge on any atom is 0.237 e. The highest BCUT2D eigenvalue weighted by Crippen LogP contribution is 2.31. The molecule has 0 radical (unpaired) electrons. The van der Waals surface area contributed by atoms with Crippen molar-refractivity contribution in [3.05, 3.63) is 0 Å². The summed E-state index contributed by atoms with van der Waals surface area (Å²) < 4.78 is 0. The standard InChI is InChI=1S/C14H28N2O2/c1-10(2)8-12(15)13(18)16-14(9-17)6-4-11(3)5-7-14/h10-12,17H,4-9,15H2,1-3H3,(H,16,18). The highest BCUT2D eigenvalue weighted by Gasteiger charge is 2.35. The number of hydrogen-bond donors (Lipinski definition) is 3. The van der Waals surface area contributed by atoms with Crippen molar-refractivity contribution >= 4 is 5.91 Å². The minimum Gasteiger partial charge on any atom is -0.394 e. The first-order valence-electron chi connectivity index (χ1n) is 7.07. The van der Waals surface area contributed by atoms with Gasteiger partial charge in [-0.3, -0.25) is 4.79 Å². The van der Waals surface area contributed by atoms with Gasteiger partial charge in [0.05, 0.1) is 18.2 Å². The van der Waals surface area contributed by atoms with Crippen LogP contribution in [0.4, 0.5) is 0 Å². The van der Waals surface area contributed by atoms with E-state index in [4.69, 9.17) is 5.73 Å². The monoisotopic (exact) mass is 256 g/mol. The third-order valence-corrected chi connectivity index (χ3v) is 3.98. The lowest BCUT2D eigenvalue weighted by molar-refractivity contribution is -0.126. The Labute approximate surface area is 110 Å². The molecule has 1 rings (SSSR count). The summed E-state index contributed by atoms with van der Waals surface area (Å²) in [6.07, 6.45) is 4.50. The van der Waals surface area contributed by atoms with Crippen LogP contribution in [0.1, 0.15) is 52.9 Å². The van der Waals surface area contributed by atoms with Crippen LogP contribution in [-0.4, -0.2) is 29.2 Å². The second kappa shape index (κ2) is 6.53. The molecule has 1 aliphatic carbocycles. The Balaban J connectivity index is 2.54. The van der Waals surface area contributed by atoms with Crippen molar-refractivity contribution in [2.24, 2.45) is 17.6 Å². The maximum absolute atomic E-state index is 12.0. The van der Waals surface area contributed by atoms with E-state index in [1.165, 1.54) is 0 Å². The molecule has 4 heteroatoms.